The highest BCUT2D eigenvalue weighted by Crippen LogP contribution is 2.17. The van der Waals surface area contributed by atoms with Crippen molar-refractivity contribution in [2.24, 2.45) is 5.73 Å². The van der Waals surface area contributed by atoms with Gasteiger partial charge in [0, 0.05) is 17.3 Å². The van der Waals surface area contributed by atoms with E-state index in [4.69, 9.17) is 17.3 Å². The molecule has 2 N–H and O–H groups in total. The van der Waals surface area contributed by atoms with Crippen molar-refractivity contribution in [2.75, 3.05) is 18.0 Å². The number of anilines is 1. The van der Waals surface area contributed by atoms with E-state index in [9.17, 15) is 4.79 Å². The van der Waals surface area contributed by atoms with Gasteiger partial charge in [0.2, 0.25) is 5.91 Å². The summed E-state index contributed by atoms with van der Waals surface area (Å²) in [4.78, 5) is 13.0. The predicted molar refractivity (Wildman–Crippen MR) is 58.5 cm³/mol. The molecule has 0 unspecified atom stereocenters. The molecule has 0 aromatic heterocycles. The van der Waals surface area contributed by atoms with Crippen molar-refractivity contribution in [3.05, 3.63) is 29.3 Å². The van der Waals surface area contributed by atoms with E-state index in [1.807, 2.05) is 6.92 Å². The summed E-state index contributed by atoms with van der Waals surface area (Å²) in [6.07, 6.45) is 0. The molecule has 3 nitrogen and oxygen atoms in total. The second-order valence-electron chi connectivity index (χ2n) is 2.82. The summed E-state index contributed by atoms with van der Waals surface area (Å²) in [5.74, 6) is -0.0881. The van der Waals surface area contributed by atoms with Crippen molar-refractivity contribution in [3.8, 4) is 0 Å². The summed E-state index contributed by atoms with van der Waals surface area (Å²) in [6.45, 7) is 2.54. The minimum absolute atomic E-state index is 0.0243. The van der Waals surface area contributed by atoms with Crippen LogP contribution in [0.5, 0.6) is 0 Å². The summed E-state index contributed by atoms with van der Waals surface area (Å²) in [7, 11) is 0. The van der Waals surface area contributed by atoms with Crippen LogP contribution in [0.15, 0.2) is 24.3 Å². The van der Waals surface area contributed by atoms with Crippen molar-refractivity contribution >= 4 is 23.2 Å². The lowest BCUT2D eigenvalue weighted by Crippen LogP contribution is -2.35. The number of hydrogen-bond donors (Lipinski definition) is 1. The maximum absolute atomic E-state index is 11.4. The van der Waals surface area contributed by atoms with Crippen LogP contribution in [-0.2, 0) is 4.79 Å². The van der Waals surface area contributed by atoms with E-state index >= 15 is 0 Å². The second kappa shape index (κ2) is 4.98. The summed E-state index contributed by atoms with van der Waals surface area (Å²) in [5, 5.41) is 0.657. The van der Waals surface area contributed by atoms with Gasteiger partial charge in [-0.2, -0.15) is 0 Å². The molecule has 0 fully saturated rings. The molecule has 0 radical (unpaired) electrons. The van der Waals surface area contributed by atoms with Gasteiger partial charge in [0.05, 0.1) is 6.54 Å². The summed E-state index contributed by atoms with van der Waals surface area (Å²) in [5.41, 5.74) is 6.12. The zero-order valence-electron chi connectivity index (χ0n) is 8.03. The van der Waals surface area contributed by atoms with Crippen LogP contribution in [0.4, 0.5) is 5.69 Å². The molecule has 76 valence electrons. The third kappa shape index (κ3) is 2.47. The zero-order valence-corrected chi connectivity index (χ0v) is 8.79. The molecule has 1 rings (SSSR count). The largest absolute Gasteiger partial charge is 0.322 e. The van der Waals surface area contributed by atoms with E-state index in [1.54, 1.807) is 29.2 Å². The van der Waals surface area contributed by atoms with Crippen LogP contribution < -0.4 is 10.6 Å². The van der Waals surface area contributed by atoms with Gasteiger partial charge in [-0.25, -0.2) is 0 Å². The minimum atomic E-state index is -0.0881. The number of halogens is 1. The van der Waals surface area contributed by atoms with E-state index in [0.29, 0.717) is 11.6 Å². The van der Waals surface area contributed by atoms with Crippen LogP contribution in [-0.4, -0.2) is 19.0 Å². The van der Waals surface area contributed by atoms with E-state index in [-0.39, 0.29) is 12.5 Å². The van der Waals surface area contributed by atoms with Gasteiger partial charge < -0.3 is 10.6 Å². The first kappa shape index (κ1) is 11.0. The highest BCUT2D eigenvalue weighted by atomic mass is 35.5. The Morgan fingerprint density at radius 1 is 1.43 bits per heavy atom. The van der Waals surface area contributed by atoms with E-state index in [2.05, 4.69) is 0 Å². The van der Waals surface area contributed by atoms with Crippen LogP contribution >= 0.6 is 11.6 Å². The lowest BCUT2D eigenvalue weighted by molar-refractivity contribution is -0.117. The van der Waals surface area contributed by atoms with Crippen LogP contribution in [0.3, 0.4) is 0 Å². The second-order valence-corrected chi connectivity index (χ2v) is 3.25. The molecule has 0 spiro atoms. The topological polar surface area (TPSA) is 46.3 Å². The number of hydrogen-bond acceptors (Lipinski definition) is 2. The van der Waals surface area contributed by atoms with Gasteiger partial charge in [-0.15, -0.1) is 0 Å². The zero-order chi connectivity index (χ0) is 10.6. The van der Waals surface area contributed by atoms with E-state index < -0.39 is 0 Å². The smallest absolute Gasteiger partial charge is 0.240 e. The average molecular weight is 213 g/mol. The Morgan fingerprint density at radius 3 is 2.43 bits per heavy atom. The Labute approximate surface area is 88.5 Å². The molecule has 1 aromatic carbocycles. The quantitative estimate of drug-likeness (QED) is 0.828. The SMILES string of the molecule is CCN(C(=O)CN)c1ccc(Cl)cc1. The number of amides is 1. The van der Waals surface area contributed by atoms with Crippen molar-refractivity contribution < 1.29 is 4.79 Å². The van der Waals surface area contributed by atoms with Gasteiger partial charge in [0.25, 0.3) is 0 Å². The molecular formula is C10H13ClN2O. The molecular weight excluding hydrogens is 200 g/mol. The molecule has 0 saturated heterocycles. The molecule has 0 aliphatic carbocycles. The summed E-state index contributed by atoms with van der Waals surface area (Å²) in [6, 6.07) is 7.12. The minimum Gasteiger partial charge on any atom is -0.322 e. The van der Waals surface area contributed by atoms with E-state index in [1.165, 1.54) is 0 Å². The van der Waals surface area contributed by atoms with Gasteiger partial charge >= 0.3 is 0 Å². The molecule has 0 atom stereocenters. The van der Waals surface area contributed by atoms with E-state index in [0.717, 1.165) is 5.69 Å². The number of likely N-dealkylation sites (N-methyl/N-ethyl adjacent to an activating group) is 1. The average Bonchev–Trinajstić information content (AvgIpc) is 2.21. The van der Waals surface area contributed by atoms with Gasteiger partial charge in [-0.05, 0) is 31.2 Å². The fourth-order valence-electron chi connectivity index (χ4n) is 1.23. The fourth-order valence-corrected chi connectivity index (χ4v) is 1.36. The Bertz CT molecular complexity index is 310. The van der Waals surface area contributed by atoms with Crippen LogP contribution in [0.2, 0.25) is 5.02 Å². The normalized spacial score (nSPS) is 9.93. The predicted octanol–water partition coefficient (Wildman–Crippen LogP) is 1.65. The summed E-state index contributed by atoms with van der Waals surface area (Å²) >= 11 is 5.74. The van der Waals surface area contributed by atoms with Crippen LogP contribution in [0.25, 0.3) is 0 Å². The summed E-state index contributed by atoms with van der Waals surface area (Å²) < 4.78 is 0. The first-order chi connectivity index (χ1) is 6.69. The molecule has 0 heterocycles. The molecule has 0 saturated carbocycles. The molecule has 1 amide bonds. The number of benzene rings is 1. The van der Waals surface area contributed by atoms with Crippen molar-refractivity contribution in [2.45, 2.75) is 6.92 Å². The van der Waals surface area contributed by atoms with Gasteiger partial charge in [-0.3, -0.25) is 4.79 Å². The van der Waals surface area contributed by atoms with Gasteiger partial charge in [0.1, 0.15) is 0 Å². The number of nitrogens with two attached hydrogens (primary N) is 1. The molecule has 0 aliphatic heterocycles. The van der Waals surface area contributed by atoms with Gasteiger partial charge in [-0.1, -0.05) is 11.6 Å². The maximum atomic E-state index is 11.4. The first-order valence-electron chi connectivity index (χ1n) is 4.45. The standard InChI is InChI=1S/C10H13ClN2O/c1-2-13(10(14)7-12)9-5-3-8(11)4-6-9/h3-6H,2,7,12H2,1H3. The molecule has 14 heavy (non-hydrogen) atoms. The highest BCUT2D eigenvalue weighted by molar-refractivity contribution is 6.30. The van der Waals surface area contributed by atoms with Crippen molar-refractivity contribution in [3.63, 3.8) is 0 Å². The molecule has 0 aliphatic rings. The number of rotatable bonds is 3. The monoisotopic (exact) mass is 212 g/mol. The molecule has 0 bridgehead atoms. The molecule has 1 aromatic rings. The Kier molecular flexibility index (Phi) is 3.92. The lowest BCUT2D eigenvalue weighted by Gasteiger charge is -2.20. The Balaban J connectivity index is 2.89. The van der Waals surface area contributed by atoms with Crippen molar-refractivity contribution in [1.82, 2.24) is 0 Å². The Hall–Kier alpha value is -1.06. The van der Waals surface area contributed by atoms with Gasteiger partial charge in [0.15, 0.2) is 0 Å². The Morgan fingerprint density at radius 2 is 2.00 bits per heavy atom. The number of carbonyl (C=O) groups is 1. The maximum Gasteiger partial charge on any atom is 0.240 e. The molecule has 4 heteroatoms. The third-order valence-electron chi connectivity index (χ3n) is 1.93. The lowest BCUT2D eigenvalue weighted by atomic mass is 10.3. The fraction of sp³-hybridized carbons (Fsp3) is 0.300. The third-order valence-corrected chi connectivity index (χ3v) is 2.18. The highest BCUT2D eigenvalue weighted by Gasteiger charge is 2.10. The van der Waals surface area contributed by atoms with Crippen LogP contribution in [0, 0.1) is 0 Å². The van der Waals surface area contributed by atoms with Crippen molar-refractivity contribution in [1.29, 1.82) is 0 Å². The number of carbonyl (C=O) groups excluding carboxylic acids is 1. The number of nitrogens with zero attached hydrogens (tertiary/aromatic N) is 1. The first-order valence-corrected chi connectivity index (χ1v) is 4.82. The van der Waals surface area contributed by atoms with Crippen LogP contribution in [0.1, 0.15) is 6.92 Å².